The first-order valence-corrected chi connectivity index (χ1v) is 7.52. The molecule has 0 aromatic heterocycles. The molecule has 0 heterocycles. The average molecular weight is 241 g/mol. The fourth-order valence-electron chi connectivity index (χ4n) is 3.23. The molecule has 1 fully saturated rings. The van der Waals surface area contributed by atoms with E-state index in [-0.39, 0.29) is 5.60 Å². The number of ether oxygens (including phenoxy) is 1. The van der Waals surface area contributed by atoms with Crippen molar-refractivity contribution in [3.63, 3.8) is 0 Å². The molecule has 1 aliphatic rings. The summed E-state index contributed by atoms with van der Waals surface area (Å²) in [6.07, 6.45) is 7.76. The van der Waals surface area contributed by atoms with Gasteiger partial charge in [-0.05, 0) is 38.6 Å². The molecule has 2 heteroatoms. The molecule has 1 aliphatic carbocycles. The predicted molar refractivity (Wildman–Crippen MR) is 74.4 cm³/mol. The molecule has 0 aromatic carbocycles. The van der Waals surface area contributed by atoms with Crippen molar-refractivity contribution in [3.05, 3.63) is 0 Å². The molecule has 1 atom stereocenters. The topological polar surface area (TPSA) is 21.3 Å². The molecule has 0 aromatic rings. The Morgan fingerprint density at radius 2 is 1.76 bits per heavy atom. The highest BCUT2D eigenvalue weighted by Crippen LogP contribution is 2.36. The Balaban J connectivity index is 2.74. The summed E-state index contributed by atoms with van der Waals surface area (Å²) in [5, 5.41) is 3.68. The summed E-state index contributed by atoms with van der Waals surface area (Å²) in [4.78, 5) is 0. The van der Waals surface area contributed by atoms with Gasteiger partial charge >= 0.3 is 0 Å². The third-order valence-corrected chi connectivity index (χ3v) is 3.92. The van der Waals surface area contributed by atoms with Crippen LogP contribution in [0.3, 0.4) is 0 Å². The second-order valence-corrected chi connectivity index (χ2v) is 5.80. The van der Waals surface area contributed by atoms with Gasteiger partial charge in [-0.25, -0.2) is 0 Å². The van der Waals surface area contributed by atoms with Crippen molar-refractivity contribution < 1.29 is 4.74 Å². The lowest BCUT2D eigenvalue weighted by molar-refractivity contribution is -0.0933. The Hall–Kier alpha value is -0.0800. The second-order valence-electron chi connectivity index (χ2n) is 5.80. The minimum absolute atomic E-state index is 0.118. The van der Waals surface area contributed by atoms with Gasteiger partial charge in [-0.3, -0.25) is 0 Å². The Morgan fingerprint density at radius 1 is 1.12 bits per heavy atom. The molecule has 2 nitrogen and oxygen atoms in total. The van der Waals surface area contributed by atoms with Crippen molar-refractivity contribution in [1.82, 2.24) is 5.32 Å². The number of likely N-dealkylation sites (N-methyl/N-ethyl adjacent to an activating group) is 1. The number of nitrogens with one attached hydrogen (secondary N) is 1. The third-order valence-electron chi connectivity index (χ3n) is 3.92. The van der Waals surface area contributed by atoms with Crippen LogP contribution in [-0.2, 0) is 4.74 Å². The van der Waals surface area contributed by atoms with E-state index in [1.165, 1.54) is 38.5 Å². The first kappa shape index (κ1) is 15.0. The van der Waals surface area contributed by atoms with Crippen LogP contribution in [0, 0.1) is 5.92 Å². The molecule has 1 rings (SSSR count). The normalized spacial score (nSPS) is 21.7. The molecule has 0 saturated heterocycles. The summed E-state index contributed by atoms with van der Waals surface area (Å²) >= 11 is 0. The standard InChI is InChI=1S/C15H31NO/c1-5-16-14(12-13(3)4)15(17-6-2)10-8-7-9-11-15/h13-14,16H,5-12H2,1-4H3. The van der Waals surface area contributed by atoms with Gasteiger partial charge in [-0.2, -0.15) is 0 Å². The molecule has 0 radical (unpaired) electrons. The SMILES string of the molecule is CCNC(CC(C)C)C1(OCC)CCCCC1. The van der Waals surface area contributed by atoms with Crippen LogP contribution < -0.4 is 5.32 Å². The van der Waals surface area contributed by atoms with Crippen molar-refractivity contribution in [3.8, 4) is 0 Å². The molecular formula is C15H31NO. The van der Waals surface area contributed by atoms with E-state index in [2.05, 4.69) is 33.0 Å². The van der Waals surface area contributed by atoms with Crippen LogP contribution in [0.25, 0.3) is 0 Å². The Labute approximate surface area is 108 Å². The van der Waals surface area contributed by atoms with Crippen molar-refractivity contribution in [2.75, 3.05) is 13.2 Å². The molecule has 102 valence electrons. The van der Waals surface area contributed by atoms with Crippen molar-refractivity contribution in [1.29, 1.82) is 0 Å². The van der Waals surface area contributed by atoms with Crippen molar-refractivity contribution in [2.24, 2.45) is 5.92 Å². The lowest BCUT2D eigenvalue weighted by Gasteiger charge is -2.44. The van der Waals surface area contributed by atoms with E-state index in [1.54, 1.807) is 0 Å². The third kappa shape index (κ3) is 4.26. The van der Waals surface area contributed by atoms with E-state index in [4.69, 9.17) is 4.74 Å². The highest BCUT2D eigenvalue weighted by molar-refractivity contribution is 4.95. The monoisotopic (exact) mass is 241 g/mol. The van der Waals surface area contributed by atoms with Gasteiger partial charge in [0.15, 0.2) is 0 Å². The van der Waals surface area contributed by atoms with Crippen LogP contribution in [0.2, 0.25) is 0 Å². The molecule has 0 spiro atoms. The van der Waals surface area contributed by atoms with Gasteiger partial charge in [0.2, 0.25) is 0 Å². The van der Waals surface area contributed by atoms with E-state index in [0.717, 1.165) is 19.1 Å². The molecule has 0 bridgehead atoms. The maximum atomic E-state index is 6.22. The number of rotatable bonds is 7. The van der Waals surface area contributed by atoms with Crippen molar-refractivity contribution in [2.45, 2.75) is 77.9 Å². The lowest BCUT2D eigenvalue weighted by atomic mass is 9.76. The fraction of sp³-hybridized carbons (Fsp3) is 1.00. The Morgan fingerprint density at radius 3 is 2.24 bits per heavy atom. The van der Waals surface area contributed by atoms with Crippen LogP contribution in [0.5, 0.6) is 0 Å². The molecule has 1 N–H and O–H groups in total. The summed E-state index contributed by atoms with van der Waals surface area (Å²) in [5.41, 5.74) is 0.118. The quantitative estimate of drug-likeness (QED) is 0.733. The molecule has 0 amide bonds. The first-order chi connectivity index (χ1) is 8.14. The highest BCUT2D eigenvalue weighted by atomic mass is 16.5. The van der Waals surface area contributed by atoms with Crippen LogP contribution in [0.1, 0.15) is 66.2 Å². The van der Waals surface area contributed by atoms with E-state index >= 15 is 0 Å². The largest absolute Gasteiger partial charge is 0.374 e. The number of hydrogen-bond acceptors (Lipinski definition) is 2. The second kappa shape index (κ2) is 7.38. The predicted octanol–water partition coefficient (Wildman–Crippen LogP) is 3.75. The van der Waals surface area contributed by atoms with Crippen molar-refractivity contribution >= 4 is 0 Å². The smallest absolute Gasteiger partial charge is 0.0834 e. The van der Waals surface area contributed by atoms with E-state index < -0.39 is 0 Å². The number of hydrogen-bond donors (Lipinski definition) is 1. The minimum Gasteiger partial charge on any atom is -0.374 e. The van der Waals surface area contributed by atoms with Gasteiger partial charge in [0.05, 0.1) is 5.60 Å². The van der Waals surface area contributed by atoms with Crippen LogP contribution in [-0.4, -0.2) is 24.8 Å². The highest BCUT2D eigenvalue weighted by Gasteiger charge is 2.40. The van der Waals surface area contributed by atoms with E-state index in [9.17, 15) is 0 Å². The zero-order chi connectivity index (χ0) is 12.7. The van der Waals surface area contributed by atoms with Gasteiger partial charge in [-0.15, -0.1) is 0 Å². The van der Waals surface area contributed by atoms with Crippen LogP contribution in [0.15, 0.2) is 0 Å². The molecule has 1 unspecified atom stereocenters. The lowest BCUT2D eigenvalue weighted by Crippen LogP contribution is -2.54. The maximum absolute atomic E-state index is 6.22. The van der Waals surface area contributed by atoms with E-state index in [1.807, 2.05) is 0 Å². The average Bonchev–Trinajstić information content (AvgIpc) is 2.29. The first-order valence-electron chi connectivity index (χ1n) is 7.52. The Bertz CT molecular complexity index is 192. The zero-order valence-corrected chi connectivity index (χ0v) is 12.2. The summed E-state index contributed by atoms with van der Waals surface area (Å²) in [5.74, 6) is 0.735. The molecule has 17 heavy (non-hydrogen) atoms. The fourth-order valence-corrected chi connectivity index (χ4v) is 3.23. The minimum atomic E-state index is 0.118. The van der Waals surface area contributed by atoms with E-state index in [0.29, 0.717) is 6.04 Å². The van der Waals surface area contributed by atoms with Crippen LogP contribution in [0.4, 0.5) is 0 Å². The van der Waals surface area contributed by atoms with Gasteiger partial charge in [-0.1, -0.05) is 40.0 Å². The Kier molecular flexibility index (Phi) is 6.50. The zero-order valence-electron chi connectivity index (χ0n) is 12.2. The summed E-state index contributed by atoms with van der Waals surface area (Å²) in [7, 11) is 0. The van der Waals surface area contributed by atoms with Gasteiger partial charge in [0.1, 0.15) is 0 Å². The van der Waals surface area contributed by atoms with Gasteiger partial charge in [0, 0.05) is 12.6 Å². The summed E-state index contributed by atoms with van der Waals surface area (Å²) < 4.78 is 6.22. The molecular weight excluding hydrogens is 210 g/mol. The molecule has 1 saturated carbocycles. The maximum Gasteiger partial charge on any atom is 0.0834 e. The van der Waals surface area contributed by atoms with Gasteiger partial charge in [0.25, 0.3) is 0 Å². The van der Waals surface area contributed by atoms with Gasteiger partial charge < -0.3 is 10.1 Å². The van der Waals surface area contributed by atoms with Crippen LogP contribution >= 0.6 is 0 Å². The summed E-state index contributed by atoms with van der Waals surface area (Å²) in [6.45, 7) is 10.9. The summed E-state index contributed by atoms with van der Waals surface area (Å²) in [6, 6.07) is 0.535. The molecule has 0 aliphatic heterocycles.